The Hall–Kier alpha value is -3.98. The Morgan fingerprint density at radius 1 is 0.549 bits per heavy atom. The Morgan fingerprint density at radius 3 is 1.29 bits per heavy atom. The van der Waals surface area contributed by atoms with Crippen LogP contribution in [0.15, 0.2) is 164 Å². The number of aryl methyl sites for hydroxylation is 3. The lowest BCUT2D eigenvalue weighted by Gasteiger charge is -2.40. The van der Waals surface area contributed by atoms with E-state index in [1.807, 2.05) is 11.8 Å². The van der Waals surface area contributed by atoms with Gasteiger partial charge < -0.3 is 9.26 Å². The molecule has 51 heavy (non-hydrogen) atoms. The first-order valence-corrected chi connectivity index (χ1v) is 19.9. The van der Waals surface area contributed by atoms with Gasteiger partial charge >= 0.3 is 0 Å². The fourth-order valence-corrected chi connectivity index (χ4v) is 10.5. The van der Waals surface area contributed by atoms with Gasteiger partial charge in [0, 0.05) is 15.4 Å². The average Bonchev–Trinajstić information content (AvgIpc) is 3.14. The third kappa shape index (κ3) is 8.74. The number of thioether (sulfide) groups is 1. The van der Waals surface area contributed by atoms with Crippen LogP contribution in [0.2, 0.25) is 0 Å². The quantitative estimate of drug-likeness (QED) is 0.0879. The zero-order valence-electron chi connectivity index (χ0n) is 30.6. The molecule has 6 aromatic carbocycles. The minimum Gasteiger partial charge on any atom is -0.358 e. The maximum Gasteiger partial charge on any atom is 0.143 e. The number of ether oxygens (including phenoxy) is 1. The summed E-state index contributed by atoms with van der Waals surface area (Å²) in [5.41, 5.74) is 7.54. The first-order chi connectivity index (χ1) is 24.7. The van der Waals surface area contributed by atoms with Crippen LogP contribution in [0.25, 0.3) is 0 Å². The lowest BCUT2D eigenvalue weighted by atomic mass is 9.80. The van der Waals surface area contributed by atoms with Crippen molar-refractivity contribution in [2.45, 2.75) is 63.2 Å². The van der Waals surface area contributed by atoms with Crippen LogP contribution in [-0.2, 0) is 14.9 Å². The second-order valence-electron chi connectivity index (χ2n) is 14.2. The normalized spacial score (nSPS) is 13.2. The minimum absolute atomic E-state index is 0.0111. The van der Waals surface area contributed by atoms with Gasteiger partial charge in [0.05, 0.1) is 20.0 Å². The van der Waals surface area contributed by atoms with E-state index in [4.69, 9.17) is 9.26 Å². The van der Waals surface area contributed by atoms with Gasteiger partial charge in [-0.3, -0.25) is 0 Å². The van der Waals surface area contributed by atoms with Gasteiger partial charge in [-0.25, -0.2) is 0 Å². The summed E-state index contributed by atoms with van der Waals surface area (Å²) < 4.78 is 15.2. The van der Waals surface area contributed by atoms with Crippen LogP contribution in [0.1, 0.15) is 65.0 Å². The van der Waals surface area contributed by atoms with Crippen LogP contribution in [-0.4, -0.2) is 17.5 Å². The molecule has 260 valence electrons. The van der Waals surface area contributed by atoms with Gasteiger partial charge in [0.1, 0.15) is 11.7 Å². The van der Waals surface area contributed by atoms with E-state index in [9.17, 15) is 0 Å². The first kappa shape index (κ1) is 36.8. The van der Waals surface area contributed by atoms with Crippen molar-refractivity contribution in [3.63, 3.8) is 0 Å². The summed E-state index contributed by atoms with van der Waals surface area (Å²) in [6.45, 7) is 14.0. The topological polar surface area (TPSA) is 18.5 Å². The highest BCUT2D eigenvalue weighted by Crippen LogP contribution is 2.50. The van der Waals surface area contributed by atoms with Crippen molar-refractivity contribution < 1.29 is 9.26 Å². The summed E-state index contributed by atoms with van der Waals surface area (Å²) in [4.78, 5) is 0. The highest BCUT2D eigenvalue weighted by atomic mass is 32.2. The molecule has 0 saturated carbocycles. The first-order valence-electron chi connectivity index (χ1n) is 17.8. The van der Waals surface area contributed by atoms with Crippen molar-refractivity contribution in [1.29, 1.82) is 0 Å². The third-order valence-electron chi connectivity index (χ3n) is 9.07. The Balaban J connectivity index is 1.56. The molecule has 0 saturated heterocycles. The lowest BCUT2D eigenvalue weighted by Crippen LogP contribution is -2.38. The Kier molecular flexibility index (Phi) is 12.0. The molecule has 0 N–H and O–H groups in total. The summed E-state index contributed by atoms with van der Waals surface area (Å²) in [6.07, 6.45) is -0.309. The second kappa shape index (κ2) is 16.6. The van der Waals surface area contributed by atoms with E-state index in [1.54, 1.807) is 0 Å². The monoisotopic (exact) mass is 708 g/mol. The molecule has 0 bridgehead atoms. The fraction of sp³-hybridized carbons (Fsp3) is 0.234. The van der Waals surface area contributed by atoms with Crippen LogP contribution in [0.5, 0.6) is 0 Å². The van der Waals surface area contributed by atoms with Gasteiger partial charge in [0.25, 0.3) is 0 Å². The SMILES string of the molecule is Cc1cc(C)c([C@@H](SC(C)(C)C)[C@H](COC(c2ccccc2)(c2ccccc2)c2ccccc2)OP(c2ccccc2)c2ccccc2)c(C)c1. The number of benzene rings is 6. The van der Waals surface area contributed by atoms with Crippen LogP contribution >= 0.6 is 19.9 Å². The van der Waals surface area contributed by atoms with Crippen molar-refractivity contribution in [3.8, 4) is 0 Å². The second-order valence-corrected chi connectivity index (χ2v) is 18.0. The van der Waals surface area contributed by atoms with E-state index in [1.165, 1.54) is 32.9 Å². The number of hydrogen-bond donors (Lipinski definition) is 0. The summed E-state index contributed by atoms with van der Waals surface area (Å²) in [6, 6.07) is 58.0. The summed E-state index contributed by atoms with van der Waals surface area (Å²) in [5.74, 6) is 0. The molecule has 0 aliphatic heterocycles. The molecule has 0 spiro atoms. The Bertz CT molecular complexity index is 1800. The Labute approximate surface area is 311 Å². The maximum atomic E-state index is 7.65. The van der Waals surface area contributed by atoms with E-state index in [0.717, 1.165) is 16.7 Å². The molecular formula is C47H49O2PS. The minimum atomic E-state index is -1.18. The van der Waals surface area contributed by atoms with Crippen LogP contribution in [0, 0.1) is 20.8 Å². The van der Waals surface area contributed by atoms with Gasteiger partial charge in [0.2, 0.25) is 0 Å². The van der Waals surface area contributed by atoms with Crippen molar-refractivity contribution in [2.75, 3.05) is 6.61 Å². The highest BCUT2D eigenvalue weighted by molar-refractivity contribution is 8.00. The van der Waals surface area contributed by atoms with E-state index >= 15 is 0 Å². The molecule has 2 nitrogen and oxygen atoms in total. The predicted molar refractivity (Wildman–Crippen MR) is 220 cm³/mol. The fourth-order valence-electron chi connectivity index (χ4n) is 7.02. The zero-order chi connectivity index (χ0) is 35.8. The predicted octanol–water partition coefficient (Wildman–Crippen LogP) is 11.6. The van der Waals surface area contributed by atoms with E-state index in [2.05, 4.69) is 205 Å². The van der Waals surface area contributed by atoms with Crippen molar-refractivity contribution >= 4 is 30.5 Å². The van der Waals surface area contributed by atoms with E-state index in [0.29, 0.717) is 6.61 Å². The molecule has 0 fully saturated rings. The maximum absolute atomic E-state index is 7.65. The number of hydrogen-bond acceptors (Lipinski definition) is 3. The highest BCUT2D eigenvalue weighted by Gasteiger charge is 2.41. The number of rotatable bonds is 13. The molecule has 2 atom stereocenters. The molecule has 0 radical (unpaired) electrons. The van der Waals surface area contributed by atoms with Gasteiger partial charge in [-0.2, -0.15) is 0 Å². The molecule has 6 aromatic rings. The van der Waals surface area contributed by atoms with Crippen LogP contribution < -0.4 is 10.6 Å². The molecule has 0 aliphatic carbocycles. The van der Waals surface area contributed by atoms with Crippen LogP contribution in [0.4, 0.5) is 0 Å². The molecule has 0 amide bonds. The third-order valence-corrected chi connectivity index (χ3v) is 12.6. The standard InChI is InChI=1S/C47H49O2PS/c1-35-32-36(2)44(37(3)33-35)45(51-46(4,5)6)43(49-50(41-28-18-10-19-29-41)42-30-20-11-21-31-42)34-48-47(38-22-12-7-13-23-38,39-24-14-8-15-25-39)40-26-16-9-17-27-40/h7-33,43,45H,34H2,1-6H3/t43-,45-/m0/s1. The van der Waals surface area contributed by atoms with E-state index < -0.39 is 13.7 Å². The van der Waals surface area contributed by atoms with Crippen LogP contribution in [0.3, 0.4) is 0 Å². The molecule has 0 aliphatic rings. The smallest absolute Gasteiger partial charge is 0.143 e. The van der Waals surface area contributed by atoms with E-state index in [-0.39, 0.29) is 16.1 Å². The lowest BCUT2D eigenvalue weighted by molar-refractivity contribution is -0.0279. The molecule has 0 unspecified atom stereocenters. The molecule has 6 rings (SSSR count). The molecule has 0 aromatic heterocycles. The Morgan fingerprint density at radius 2 is 0.922 bits per heavy atom. The van der Waals surface area contributed by atoms with Gasteiger partial charge in [-0.1, -0.05) is 190 Å². The molecular weight excluding hydrogens is 660 g/mol. The van der Waals surface area contributed by atoms with Gasteiger partial charge in [-0.15, -0.1) is 11.8 Å². The van der Waals surface area contributed by atoms with Crippen molar-refractivity contribution in [2.24, 2.45) is 0 Å². The van der Waals surface area contributed by atoms with Crippen molar-refractivity contribution in [1.82, 2.24) is 0 Å². The largest absolute Gasteiger partial charge is 0.358 e. The summed E-state index contributed by atoms with van der Waals surface area (Å²) >= 11 is 1.97. The molecule has 4 heteroatoms. The average molecular weight is 709 g/mol. The molecule has 0 heterocycles. The summed E-state index contributed by atoms with van der Waals surface area (Å²) in [5, 5.41) is 2.35. The van der Waals surface area contributed by atoms with Crippen molar-refractivity contribution in [3.05, 3.63) is 203 Å². The van der Waals surface area contributed by atoms with Gasteiger partial charge in [-0.05, 0) is 54.2 Å². The summed E-state index contributed by atoms with van der Waals surface area (Å²) in [7, 11) is -1.18. The van der Waals surface area contributed by atoms with Gasteiger partial charge in [0.15, 0.2) is 0 Å². The zero-order valence-corrected chi connectivity index (χ0v) is 32.3.